The van der Waals surface area contributed by atoms with Crippen molar-refractivity contribution in [2.75, 3.05) is 33.3 Å². The first-order valence-electron chi connectivity index (χ1n) is 10.4. The summed E-state index contributed by atoms with van der Waals surface area (Å²) in [4.78, 5) is 12.9. The lowest BCUT2D eigenvalue weighted by Gasteiger charge is -2.13. The van der Waals surface area contributed by atoms with Gasteiger partial charge in [0.2, 0.25) is 5.75 Å². The Morgan fingerprint density at radius 2 is 1.67 bits per heavy atom. The van der Waals surface area contributed by atoms with E-state index < -0.39 is 0 Å². The Morgan fingerprint density at radius 3 is 2.33 bits per heavy atom. The summed E-state index contributed by atoms with van der Waals surface area (Å²) in [5.41, 5.74) is 3.19. The highest BCUT2D eigenvalue weighted by atomic mass is 16.5. The molecule has 0 radical (unpaired) electrons. The first-order valence-corrected chi connectivity index (χ1v) is 10.4. The second-order valence-electron chi connectivity index (χ2n) is 7.16. The largest absolute Gasteiger partial charge is 0.494 e. The van der Waals surface area contributed by atoms with Gasteiger partial charge in [0, 0.05) is 10.9 Å². The number of benzene rings is 3. The van der Waals surface area contributed by atoms with Crippen LogP contribution in [-0.2, 0) is 0 Å². The zero-order chi connectivity index (χ0) is 23.4. The van der Waals surface area contributed by atoms with Crippen molar-refractivity contribution < 1.29 is 23.7 Å². The van der Waals surface area contributed by atoms with Crippen LogP contribution in [0.1, 0.15) is 17.3 Å². The van der Waals surface area contributed by atoms with Gasteiger partial charge in [-0.2, -0.15) is 5.10 Å². The Kier molecular flexibility index (Phi) is 6.35. The van der Waals surface area contributed by atoms with Crippen molar-refractivity contribution in [1.29, 1.82) is 0 Å². The standard InChI is InChI=1S/C25H25N3O5/c1-5-33-18-8-6-7-15(11-18)16-9-10-19-20(12-16)27-28-24(19)26-25(29)17-13-21(30-2)23(32-4)22(14-17)31-3/h6-14H,5H2,1-4H3,(H2,26,27,28,29). The maximum atomic E-state index is 12.9. The molecule has 0 saturated heterocycles. The van der Waals surface area contributed by atoms with Gasteiger partial charge < -0.3 is 24.3 Å². The number of nitrogens with one attached hydrogen (secondary N) is 2. The molecule has 2 N–H and O–H groups in total. The molecule has 0 aliphatic rings. The Balaban J connectivity index is 1.61. The van der Waals surface area contributed by atoms with Gasteiger partial charge in [-0.3, -0.25) is 9.89 Å². The van der Waals surface area contributed by atoms with E-state index in [0.717, 1.165) is 27.8 Å². The van der Waals surface area contributed by atoms with E-state index in [1.54, 1.807) is 12.1 Å². The number of anilines is 1. The van der Waals surface area contributed by atoms with E-state index >= 15 is 0 Å². The van der Waals surface area contributed by atoms with Crippen LogP contribution < -0.4 is 24.3 Å². The molecule has 3 aromatic carbocycles. The first kappa shape index (κ1) is 22.0. The SMILES string of the molecule is CCOc1cccc(-c2ccc3c(NC(=O)c4cc(OC)c(OC)c(OC)c4)n[nH]c3c2)c1. The topological polar surface area (TPSA) is 94.7 Å². The average Bonchev–Trinajstić information content (AvgIpc) is 3.25. The second-order valence-corrected chi connectivity index (χ2v) is 7.16. The van der Waals surface area contributed by atoms with Gasteiger partial charge in [0.05, 0.1) is 33.5 Å². The Hall–Kier alpha value is -4.20. The zero-order valence-electron chi connectivity index (χ0n) is 18.9. The third kappa shape index (κ3) is 4.41. The van der Waals surface area contributed by atoms with Crippen molar-refractivity contribution in [2.45, 2.75) is 6.92 Å². The highest BCUT2D eigenvalue weighted by Crippen LogP contribution is 2.38. The molecule has 0 atom stereocenters. The Morgan fingerprint density at radius 1 is 0.939 bits per heavy atom. The molecule has 0 aliphatic heterocycles. The average molecular weight is 447 g/mol. The number of hydrogen-bond acceptors (Lipinski definition) is 6. The summed E-state index contributed by atoms with van der Waals surface area (Å²) in [7, 11) is 4.51. The fourth-order valence-corrected chi connectivity index (χ4v) is 3.62. The monoisotopic (exact) mass is 447 g/mol. The van der Waals surface area contributed by atoms with Crippen LogP contribution in [0.15, 0.2) is 54.6 Å². The lowest BCUT2D eigenvalue weighted by atomic mass is 10.0. The lowest BCUT2D eigenvalue weighted by molar-refractivity contribution is 0.102. The third-order valence-electron chi connectivity index (χ3n) is 5.20. The number of aromatic nitrogens is 2. The molecule has 0 aliphatic carbocycles. The molecule has 33 heavy (non-hydrogen) atoms. The summed E-state index contributed by atoms with van der Waals surface area (Å²) in [6, 6.07) is 17.0. The van der Waals surface area contributed by atoms with Crippen LogP contribution in [0.25, 0.3) is 22.0 Å². The predicted molar refractivity (Wildman–Crippen MR) is 127 cm³/mol. The van der Waals surface area contributed by atoms with Crippen LogP contribution >= 0.6 is 0 Å². The number of fused-ring (bicyclic) bond motifs is 1. The van der Waals surface area contributed by atoms with Gasteiger partial charge >= 0.3 is 0 Å². The number of nitrogens with zero attached hydrogens (tertiary/aromatic N) is 1. The fourth-order valence-electron chi connectivity index (χ4n) is 3.62. The van der Waals surface area contributed by atoms with Gasteiger partial charge in [-0.15, -0.1) is 0 Å². The smallest absolute Gasteiger partial charge is 0.257 e. The van der Waals surface area contributed by atoms with Gasteiger partial charge in [0.25, 0.3) is 5.91 Å². The number of methoxy groups -OCH3 is 3. The summed E-state index contributed by atoms with van der Waals surface area (Å²) >= 11 is 0. The Bertz CT molecular complexity index is 1270. The van der Waals surface area contributed by atoms with E-state index in [-0.39, 0.29) is 5.91 Å². The van der Waals surface area contributed by atoms with Crippen LogP contribution in [0.3, 0.4) is 0 Å². The molecule has 0 bridgehead atoms. The van der Waals surface area contributed by atoms with E-state index in [2.05, 4.69) is 15.5 Å². The summed E-state index contributed by atoms with van der Waals surface area (Å²) in [6.45, 7) is 2.56. The van der Waals surface area contributed by atoms with E-state index in [1.165, 1.54) is 21.3 Å². The van der Waals surface area contributed by atoms with Crippen LogP contribution in [0, 0.1) is 0 Å². The number of H-pyrrole nitrogens is 1. The molecule has 1 heterocycles. The van der Waals surface area contributed by atoms with Crippen molar-refractivity contribution >= 4 is 22.6 Å². The predicted octanol–water partition coefficient (Wildman–Crippen LogP) is 4.91. The second kappa shape index (κ2) is 9.52. The molecule has 4 rings (SSSR count). The van der Waals surface area contributed by atoms with Gasteiger partial charge in [-0.25, -0.2) is 0 Å². The van der Waals surface area contributed by atoms with E-state index in [1.807, 2.05) is 49.4 Å². The minimum absolute atomic E-state index is 0.351. The van der Waals surface area contributed by atoms with E-state index in [4.69, 9.17) is 18.9 Å². The van der Waals surface area contributed by atoms with Gasteiger partial charge in [-0.05, 0) is 54.4 Å². The number of carbonyl (C=O) groups excluding carboxylic acids is 1. The molecule has 1 aromatic heterocycles. The molecular weight excluding hydrogens is 422 g/mol. The number of rotatable bonds is 8. The minimum Gasteiger partial charge on any atom is -0.494 e. The summed E-state index contributed by atoms with van der Waals surface area (Å²) in [5, 5.41) is 10.9. The van der Waals surface area contributed by atoms with Crippen LogP contribution in [0.5, 0.6) is 23.0 Å². The van der Waals surface area contributed by atoms with Crippen LogP contribution in [-0.4, -0.2) is 44.0 Å². The zero-order valence-corrected chi connectivity index (χ0v) is 18.9. The quantitative estimate of drug-likeness (QED) is 0.399. The van der Waals surface area contributed by atoms with Crippen molar-refractivity contribution in [1.82, 2.24) is 10.2 Å². The molecule has 8 nitrogen and oxygen atoms in total. The lowest BCUT2D eigenvalue weighted by Crippen LogP contribution is -2.13. The first-order chi connectivity index (χ1) is 16.1. The molecule has 8 heteroatoms. The molecule has 0 unspecified atom stereocenters. The fraction of sp³-hybridized carbons (Fsp3) is 0.200. The van der Waals surface area contributed by atoms with Crippen LogP contribution in [0.4, 0.5) is 5.82 Å². The van der Waals surface area contributed by atoms with Crippen molar-refractivity contribution in [3.05, 3.63) is 60.2 Å². The molecule has 1 amide bonds. The van der Waals surface area contributed by atoms with Gasteiger partial charge in [-0.1, -0.05) is 18.2 Å². The minimum atomic E-state index is -0.351. The highest BCUT2D eigenvalue weighted by molar-refractivity contribution is 6.08. The van der Waals surface area contributed by atoms with Crippen LogP contribution in [0.2, 0.25) is 0 Å². The van der Waals surface area contributed by atoms with Gasteiger partial charge in [0.1, 0.15) is 5.75 Å². The molecule has 0 saturated carbocycles. The number of amides is 1. The van der Waals surface area contributed by atoms with Gasteiger partial charge in [0.15, 0.2) is 17.3 Å². The third-order valence-corrected chi connectivity index (χ3v) is 5.20. The maximum absolute atomic E-state index is 12.9. The molecule has 0 spiro atoms. The van der Waals surface area contributed by atoms with Crippen molar-refractivity contribution in [2.24, 2.45) is 0 Å². The summed E-state index contributed by atoms with van der Waals surface area (Å²) < 4.78 is 21.6. The number of carbonyl (C=O) groups is 1. The highest BCUT2D eigenvalue weighted by Gasteiger charge is 2.18. The van der Waals surface area contributed by atoms with Crippen molar-refractivity contribution in [3.63, 3.8) is 0 Å². The molecule has 0 fully saturated rings. The number of aromatic amines is 1. The molecular formula is C25H25N3O5. The Labute approximate surface area is 191 Å². The van der Waals surface area contributed by atoms with Crippen molar-refractivity contribution in [3.8, 4) is 34.1 Å². The summed E-state index contributed by atoms with van der Waals surface area (Å²) in [6.07, 6.45) is 0. The maximum Gasteiger partial charge on any atom is 0.257 e. The van der Waals surface area contributed by atoms with E-state index in [0.29, 0.717) is 35.2 Å². The molecule has 4 aromatic rings. The number of hydrogen-bond donors (Lipinski definition) is 2. The molecule has 170 valence electrons. The normalized spacial score (nSPS) is 10.7. The summed E-state index contributed by atoms with van der Waals surface area (Å²) in [5.74, 6) is 2.11. The van der Waals surface area contributed by atoms with E-state index in [9.17, 15) is 4.79 Å². The number of ether oxygens (including phenoxy) is 4.